The van der Waals surface area contributed by atoms with Crippen LogP contribution in [0.15, 0.2) is 47.5 Å². The first-order valence-electron chi connectivity index (χ1n) is 10.2. The number of para-hydroxylation sites is 1. The number of hydrogen-bond acceptors (Lipinski definition) is 9. The Kier molecular flexibility index (Phi) is 6.59. The fourth-order valence-corrected chi connectivity index (χ4v) is 4.22. The number of amides is 1. The number of ether oxygens (including phenoxy) is 1. The van der Waals surface area contributed by atoms with Gasteiger partial charge in [-0.05, 0) is 29.8 Å². The number of nitrogens with one attached hydrogen (secondary N) is 2. The number of amidine groups is 1. The van der Waals surface area contributed by atoms with E-state index >= 15 is 0 Å². The SMILES string of the molecule is COc1cc(C2C/C(=N/c3nnc(CNc4ccccc4C(=O)O)s3)NN2C(C)=O)ccc1O. The molecule has 176 valence electrons. The Bertz CT molecular complexity index is 1260. The number of carboxylic acids is 1. The Labute approximate surface area is 198 Å². The Morgan fingerprint density at radius 1 is 1.29 bits per heavy atom. The lowest BCUT2D eigenvalue weighted by Crippen LogP contribution is -2.38. The number of aromatic hydroxyl groups is 1. The molecule has 0 saturated carbocycles. The van der Waals surface area contributed by atoms with Gasteiger partial charge in [-0.3, -0.25) is 10.2 Å². The third kappa shape index (κ3) is 4.91. The van der Waals surface area contributed by atoms with Crippen molar-refractivity contribution in [1.29, 1.82) is 0 Å². The van der Waals surface area contributed by atoms with Crippen molar-refractivity contribution in [2.75, 3.05) is 12.4 Å². The topological polar surface area (TPSA) is 149 Å². The van der Waals surface area contributed by atoms with Gasteiger partial charge in [-0.15, -0.1) is 10.2 Å². The number of nitrogens with zero attached hydrogens (tertiary/aromatic N) is 4. The molecule has 34 heavy (non-hydrogen) atoms. The normalized spacial score (nSPS) is 16.4. The molecule has 12 heteroatoms. The highest BCUT2D eigenvalue weighted by molar-refractivity contribution is 7.15. The zero-order valence-electron chi connectivity index (χ0n) is 18.3. The molecular formula is C22H22N6O5S. The van der Waals surface area contributed by atoms with Crippen LogP contribution in [0.2, 0.25) is 0 Å². The summed E-state index contributed by atoms with van der Waals surface area (Å²) in [7, 11) is 1.46. The third-order valence-electron chi connectivity index (χ3n) is 5.15. The first-order valence-corrected chi connectivity index (χ1v) is 11.1. The monoisotopic (exact) mass is 482 g/mol. The summed E-state index contributed by atoms with van der Waals surface area (Å²) in [6, 6.07) is 11.2. The van der Waals surface area contributed by atoms with E-state index in [1.54, 1.807) is 30.3 Å². The van der Waals surface area contributed by atoms with Gasteiger partial charge in [0.05, 0.1) is 25.3 Å². The average molecular weight is 483 g/mol. The van der Waals surface area contributed by atoms with E-state index in [-0.39, 0.29) is 29.8 Å². The standard InChI is InChI=1S/C22H22N6O5S/c1-12(29)28-16(13-7-8-17(30)18(9-13)33-2)10-19(27-28)24-22-26-25-20(34-22)11-23-15-6-4-3-5-14(15)21(31)32/h3-9,16,23,30H,10-11H2,1-2H3,(H,31,32)(H,24,26,27). The Morgan fingerprint density at radius 3 is 2.82 bits per heavy atom. The van der Waals surface area contributed by atoms with E-state index in [0.29, 0.717) is 33.8 Å². The molecule has 1 aliphatic rings. The van der Waals surface area contributed by atoms with Crippen LogP contribution < -0.4 is 15.5 Å². The molecule has 1 aromatic heterocycles. The van der Waals surface area contributed by atoms with Crippen LogP contribution in [0.25, 0.3) is 0 Å². The molecule has 1 saturated heterocycles. The van der Waals surface area contributed by atoms with Crippen LogP contribution in [0.5, 0.6) is 11.5 Å². The van der Waals surface area contributed by atoms with Crippen molar-refractivity contribution in [3.05, 3.63) is 58.6 Å². The molecule has 2 heterocycles. The Hall–Kier alpha value is -4.19. The first-order chi connectivity index (χ1) is 16.4. The number of phenols is 1. The zero-order chi connectivity index (χ0) is 24.2. The molecule has 3 aromatic rings. The van der Waals surface area contributed by atoms with Crippen LogP contribution in [0, 0.1) is 0 Å². The summed E-state index contributed by atoms with van der Waals surface area (Å²) in [5.41, 5.74) is 4.45. The summed E-state index contributed by atoms with van der Waals surface area (Å²) in [6.07, 6.45) is 0.409. The van der Waals surface area contributed by atoms with Crippen molar-refractivity contribution in [3.8, 4) is 11.5 Å². The molecule has 4 rings (SSSR count). The summed E-state index contributed by atoms with van der Waals surface area (Å²) >= 11 is 1.25. The van der Waals surface area contributed by atoms with Crippen molar-refractivity contribution in [3.63, 3.8) is 0 Å². The molecule has 0 radical (unpaired) electrons. The molecule has 2 aromatic carbocycles. The van der Waals surface area contributed by atoms with Crippen molar-refractivity contribution in [2.24, 2.45) is 4.99 Å². The van der Waals surface area contributed by atoms with E-state index in [2.05, 4.69) is 25.9 Å². The molecule has 1 amide bonds. The molecule has 1 unspecified atom stereocenters. The summed E-state index contributed by atoms with van der Waals surface area (Å²) < 4.78 is 5.18. The van der Waals surface area contributed by atoms with E-state index in [1.165, 1.54) is 42.5 Å². The lowest BCUT2D eigenvalue weighted by atomic mass is 10.0. The maximum absolute atomic E-state index is 12.2. The third-order valence-corrected chi connectivity index (χ3v) is 5.97. The summed E-state index contributed by atoms with van der Waals surface area (Å²) in [6.45, 7) is 1.74. The van der Waals surface area contributed by atoms with Gasteiger partial charge < -0.3 is 20.3 Å². The van der Waals surface area contributed by atoms with Crippen molar-refractivity contribution >= 4 is 39.9 Å². The number of carbonyl (C=O) groups is 2. The van der Waals surface area contributed by atoms with E-state index < -0.39 is 5.97 Å². The largest absolute Gasteiger partial charge is 0.504 e. The van der Waals surface area contributed by atoms with Crippen LogP contribution in [0.4, 0.5) is 10.8 Å². The van der Waals surface area contributed by atoms with Gasteiger partial charge in [0.1, 0.15) is 10.8 Å². The predicted molar refractivity (Wildman–Crippen MR) is 125 cm³/mol. The number of aromatic carboxylic acids is 1. The summed E-state index contributed by atoms with van der Waals surface area (Å²) in [5, 5.41) is 32.9. The molecule has 4 N–H and O–H groups in total. The quantitative estimate of drug-likeness (QED) is 0.398. The first kappa shape index (κ1) is 23.0. The van der Waals surface area contributed by atoms with Gasteiger partial charge in [0.2, 0.25) is 11.0 Å². The highest BCUT2D eigenvalue weighted by atomic mass is 32.1. The van der Waals surface area contributed by atoms with Gasteiger partial charge in [-0.2, -0.15) is 0 Å². The number of methoxy groups -OCH3 is 1. The molecular weight excluding hydrogens is 460 g/mol. The maximum atomic E-state index is 12.2. The number of hydrazine groups is 1. The van der Waals surface area contributed by atoms with Gasteiger partial charge in [-0.1, -0.05) is 29.5 Å². The number of carboxylic acid groups (broad SMARTS) is 1. The zero-order valence-corrected chi connectivity index (χ0v) is 19.2. The number of hydrogen-bond donors (Lipinski definition) is 4. The molecule has 11 nitrogen and oxygen atoms in total. The fraction of sp³-hybridized carbons (Fsp3) is 0.227. The van der Waals surface area contributed by atoms with Crippen LogP contribution in [0.1, 0.15) is 40.3 Å². The average Bonchev–Trinajstić information content (AvgIpc) is 3.45. The van der Waals surface area contributed by atoms with Gasteiger partial charge >= 0.3 is 5.97 Å². The number of rotatable bonds is 7. The second kappa shape index (κ2) is 9.75. The number of benzene rings is 2. The molecule has 0 spiro atoms. The molecule has 1 aliphatic heterocycles. The predicted octanol–water partition coefficient (Wildman–Crippen LogP) is 3.09. The number of carbonyl (C=O) groups excluding carboxylic acids is 1. The summed E-state index contributed by atoms with van der Waals surface area (Å²) in [4.78, 5) is 28.1. The van der Waals surface area contributed by atoms with E-state index in [1.807, 2.05) is 0 Å². The second-order valence-electron chi connectivity index (χ2n) is 7.39. The molecule has 1 atom stereocenters. The maximum Gasteiger partial charge on any atom is 0.337 e. The van der Waals surface area contributed by atoms with Gasteiger partial charge in [0.25, 0.3) is 0 Å². The van der Waals surface area contributed by atoms with Crippen molar-refractivity contribution in [2.45, 2.75) is 25.9 Å². The van der Waals surface area contributed by atoms with Crippen molar-refractivity contribution < 1.29 is 24.5 Å². The van der Waals surface area contributed by atoms with Gasteiger partial charge in [-0.25, -0.2) is 14.8 Å². The van der Waals surface area contributed by atoms with E-state index in [4.69, 9.17) is 4.74 Å². The minimum atomic E-state index is -1.02. The molecule has 0 aliphatic carbocycles. The van der Waals surface area contributed by atoms with Crippen LogP contribution in [-0.2, 0) is 11.3 Å². The number of aliphatic imine (C=N–C) groups is 1. The van der Waals surface area contributed by atoms with Crippen molar-refractivity contribution in [1.82, 2.24) is 20.6 Å². The minimum absolute atomic E-state index is 0.0152. The highest BCUT2D eigenvalue weighted by Crippen LogP contribution is 2.35. The smallest absolute Gasteiger partial charge is 0.337 e. The molecule has 1 fully saturated rings. The summed E-state index contributed by atoms with van der Waals surface area (Å²) in [5.74, 6) is -0.338. The minimum Gasteiger partial charge on any atom is -0.504 e. The number of phenolic OH excluding ortho intramolecular Hbond substituents is 1. The highest BCUT2D eigenvalue weighted by Gasteiger charge is 2.33. The van der Waals surface area contributed by atoms with Gasteiger partial charge in [0.15, 0.2) is 11.5 Å². The number of anilines is 1. The Balaban J connectivity index is 1.48. The van der Waals surface area contributed by atoms with Crippen LogP contribution >= 0.6 is 11.3 Å². The second-order valence-corrected chi connectivity index (χ2v) is 8.43. The molecule has 0 bridgehead atoms. The fourth-order valence-electron chi connectivity index (χ4n) is 3.55. The van der Waals surface area contributed by atoms with E-state index in [0.717, 1.165) is 5.56 Å². The van der Waals surface area contributed by atoms with Crippen LogP contribution in [-0.4, -0.2) is 50.2 Å². The lowest BCUT2D eigenvalue weighted by Gasteiger charge is -2.22. The Morgan fingerprint density at radius 2 is 2.09 bits per heavy atom. The van der Waals surface area contributed by atoms with E-state index in [9.17, 15) is 19.8 Å². The van der Waals surface area contributed by atoms with Crippen LogP contribution in [0.3, 0.4) is 0 Å². The van der Waals surface area contributed by atoms with Gasteiger partial charge in [0, 0.05) is 19.0 Å². The number of aromatic nitrogens is 2. The lowest BCUT2D eigenvalue weighted by molar-refractivity contribution is -0.132.